The molecule has 5 rings (SSSR count). The molecule has 0 aromatic rings. The van der Waals surface area contributed by atoms with Gasteiger partial charge in [0.25, 0.3) is 0 Å². The standard InChI is InChI=1S/C31H42F3NO10/c1-14(2)22(21(25(36)37)31(32,33)34)42-27(39)19-17-13-18-20(19)28(40)44-24(18)23(17)43-26(38)16-7-11-35(12-8-16)29(41)45-30(15(3)4)9-5-6-10-30/h14-24H,5-13H2,1-4H3,(H,36,37)/p-1. The number of piperidine rings is 1. The van der Waals surface area contributed by atoms with Crippen molar-refractivity contribution in [2.24, 2.45) is 47.3 Å². The molecule has 5 fully saturated rings. The van der Waals surface area contributed by atoms with Crippen LogP contribution in [0.25, 0.3) is 0 Å². The fraction of sp³-hybridized carbons (Fsp3) is 0.839. The summed E-state index contributed by atoms with van der Waals surface area (Å²) in [6.07, 6.45) is -4.97. The number of hydrogen-bond acceptors (Lipinski definition) is 10. The highest BCUT2D eigenvalue weighted by molar-refractivity contribution is 5.86. The summed E-state index contributed by atoms with van der Waals surface area (Å²) in [5.41, 5.74) is -0.476. The highest BCUT2D eigenvalue weighted by Crippen LogP contribution is 2.59. The molecule has 3 saturated carbocycles. The lowest BCUT2D eigenvalue weighted by molar-refractivity contribution is -0.333. The summed E-state index contributed by atoms with van der Waals surface area (Å²) >= 11 is 0. The number of rotatable bonds is 9. The number of aliphatic carboxylic acids is 1. The fourth-order valence-corrected chi connectivity index (χ4v) is 8.26. The minimum absolute atomic E-state index is 0.181. The van der Waals surface area contributed by atoms with Crippen molar-refractivity contribution in [1.82, 2.24) is 4.90 Å². The van der Waals surface area contributed by atoms with E-state index in [9.17, 15) is 42.3 Å². The van der Waals surface area contributed by atoms with Gasteiger partial charge < -0.3 is 33.7 Å². The molecule has 3 aliphatic carbocycles. The van der Waals surface area contributed by atoms with Gasteiger partial charge in [0.15, 0.2) is 0 Å². The summed E-state index contributed by atoms with van der Waals surface area (Å²) in [5, 5.41) is 11.4. The minimum atomic E-state index is -5.24. The Kier molecular flexibility index (Phi) is 9.09. The maximum absolute atomic E-state index is 13.6. The third kappa shape index (κ3) is 6.09. The molecule has 0 aromatic heterocycles. The number of alkyl halides is 3. The maximum Gasteiger partial charge on any atom is 0.410 e. The van der Waals surface area contributed by atoms with Crippen molar-refractivity contribution in [3.05, 3.63) is 0 Å². The van der Waals surface area contributed by atoms with Gasteiger partial charge >= 0.3 is 30.2 Å². The summed E-state index contributed by atoms with van der Waals surface area (Å²) in [4.78, 5) is 65.4. The van der Waals surface area contributed by atoms with Crippen molar-refractivity contribution in [1.29, 1.82) is 0 Å². The van der Waals surface area contributed by atoms with E-state index in [1.807, 2.05) is 13.8 Å². The van der Waals surface area contributed by atoms with E-state index in [0.717, 1.165) is 25.7 Å². The number of nitrogens with zero attached hydrogens (tertiary/aromatic N) is 1. The molecule has 2 bridgehead atoms. The van der Waals surface area contributed by atoms with Crippen LogP contribution in [0.15, 0.2) is 0 Å². The molecular weight excluding hydrogens is 603 g/mol. The highest BCUT2D eigenvalue weighted by atomic mass is 19.4. The van der Waals surface area contributed by atoms with Crippen LogP contribution in [0.3, 0.4) is 0 Å². The summed E-state index contributed by atoms with van der Waals surface area (Å²) in [6.45, 7) is 7.22. The first-order chi connectivity index (χ1) is 21.1. The van der Waals surface area contributed by atoms with Gasteiger partial charge in [0.2, 0.25) is 0 Å². The van der Waals surface area contributed by atoms with Crippen molar-refractivity contribution < 1.29 is 61.2 Å². The Morgan fingerprint density at radius 3 is 2.16 bits per heavy atom. The Morgan fingerprint density at radius 1 is 1.00 bits per heavy atom. The zero-order valence-corrected chi connectivity index (χ0v) is 25.9. The van der Waals surface area contributed by atoms with Crippen molar-refractivity contribution in [2.75, 3.05) is 13.1 Å². The van der Waals surface area contributed by atoms with Crippen LogP contribution in [0, 0.1) is 47.3 Å². The van der Waals surface area contributed by atoms with Gasteiger partial charge in [0.1, 0.15) is 29.8 Å². The Hall–Kier alpha value is -3.06. The van der Waals surface area contributed by atoms with E-state index in [4.69, 9.17) is 18.9 Å². The summed E-state index contributed by atoms with van der Waals surface area (Å²) in [5.74, 6) is -12.8. The Morgan fingerprint density at radius 2 is 1.62 bits per heavy atom. The van der Waals surface area contributed by atoms with Crippen LogP contribution >= 0.6 is 0 Å². The number of hydrogen-bond donors (Lipinski definition) is 0. The molecule has 8 unspecified atom stereocenters. The number of halogens is 3. The molecule has 0 aromatic carbocycles. The molecule has 0 spiro atoms. The van der Waals surface area contributed by atoms with E-state index >= 15 is 0 Å². The Bertz CT molecular complexity index is 1190. The van der Waals surface area contributed by atoms with E-state index in [1.165, 1.54) is 13.8 Å². The lowest BCUT2D eigenvalue weighted by atomic mass is 9.78. The number of carboxylic acid groups (broad SMARTS) is 1. The molecule has 14 heteroatoms. The average molecular weight is 645 g/mol. The molecule has 1 amide bonds. The van der Waals surface area contributed by atoms with Gasteiger partial charge in [-0.05, 0) is 56.8 Å². The molecule has 0 N–H and O–H groups in total. The molecular formula is C31H41F3NO10-. The van der Waals surface area contributed by atoms with Gasteiger partial charge in [0.05, 0.1) is 23.7 Å². The van der Waals surface area contributed by atoms with E-state index in [-0.39, 0.29) is 25.4 Å². The van der Waals surface area contributed by atoms with E-state index in [2.05, 4.69) is 0 Å². The number of carboxylic acids is 1. The van der Waals surface area contributed by atoms with Crippen LogP contribution in [-0.2, 0) is 38.1 Å². The molecule has 2 aliphatic heterocycles. The summed E-state index contributed by atoms with van der Waals surface area (Å²) < 4.78 is 63.3. The van der Waals surface area contributed by atoms with Gasteiger partial charge in [-0.2, -0.15) is 13.2 Å². The third-order valence-electron chi connectivity index (χ3n) is 10.8. The van der Waals surface area contributed by atoms with Crippen LogP contribution in [0.2, 0.25) is 0 Å². The van der Waals surface area contributed by atoms with Gasteiger partial charge in [-0.3, -0.25) is 14.4 Å². The highest BCUT2D eigenvalue weighted by Gasteiger charge is 2.70. The number of carbonyl (C=O) groups is 5. The molecule has 0 radical (unpaired) electrons. The van der Waals surface area contributed by atoms with E-state index in [1.54, 1.807) is 4.90 Å². The molecule has 5 aliphatic rings. The van der Waals surface area contributed by atoms with E-state index in [0.29, 0.717) is 12.8 Å². The largest absolute Gasteiger partial charge is 0.549 e. The number of amides is 1. The summed E-state index contributed by atoms with van der Waals surface area (Å²) in [7, 11) is 0. The number of carbonyl (C=O) groups excluding carboxylic acids is 5. The van der Waals surface area contributed by atoms with Crippen LogP contribution in [0.5, 0.6) is 0 Å². The SMILES string of the molecule is CC(C)C(OC(=O)C1C2CC3C(OC(=O)C31)C2OC(=O)C1CCN(C(=O)OC2(C(C)C)CCCC2)CC1)C(C(=O)[O-])C(F)(F)F. The van der Waals surface area contributed by atoms with Crippen LogP contribution in [-0.4, -0.2) is 78.0 Å². The molecule has 2 saturated heterocycles. The lowest BCUT2D eigenvalue weighted by Gasteiger charge is -2.38. The average Bonchev–Trinajstić information content (AvgIpc) is 3.70. The van der Waals surface area contributed by atoms with Crippen molar-refractivity contribution >= 4 is 30.0 Å². The summed E-state index contributed by atoms with van der Waals surface area (Å²) in [6, 6.07) is 0. The van der Waals surface area contributed by atoms with Crippen LogP contribution in [0.4, 0.5) is 18.0 Å². The lowest BCUT2D eigenvalue weighted by Crippen LogP contribution is -2.52. The second kappa shape index (κ2) is 12.3. The molecule has 8 atom stereocenters. The fourth-order valence-electron chi connectivity index (χ4n) is 8.26. The normalized spacial score (nSPS) is 32.0. The number of esters is 3. The first-order valence-corrected chi connectivity index (χ1v) is 15.9. The van der Waals surface area contributed by atoms with Crippen molar-refractivity contribution in [3.63, 3.8) is 0 Å². The van der Waals surface area contributed by atoms with Gasteiger partial charge in [-0.1, -0.05) is 27.7 Å². The molecule has 252 valence electrons. The number of fused-ring (bicyclic) bond motifs is 1. The first-order valence-electron chi connectivity index (χ1n) is 15.9. The monoisotopic (exact) mass is 644 g/mol. The predicted octanol–water partition coefficient (Wildman–Crippen LogP) is 3.02. The van der Waals surface area contributed by atoms with Crippen molar-refractivity contribution in [2.45, 2.75) is 103 Å². The number of likely N-dealkylation sites (tertiary alicyclic amines) is 1. The maximum atomic E-state index is 13.6. The molecule has 11 nitrogen and oxygen atoms in total. The zero-order chi connectivity index (χ0) is 33.0. The van der Waals surface area contributed by atoms with Gasteiger partial charge in [-0.15, -0.1) is 0 Å². The Labute approximate surface area is 259 Å². The van der Waals surface area contributed by atoms with Crippen LogP contribution in [0.1, 0.15) is 72.6 Å². The minimum Gasteiger partial charge on any atom is -0.549 e. The third-order valence-corrected chi connectivity index (χ3v) is 10.8. The van der Waals surface area contributed by atoms with Gasteiger partial charge in [0, 0.05) is 24.9 Å². The quantitative estimate of drug-likeness (QED) is 0.271. The Balaban J connectivity index is 1.22. The second-order valence-corrected chi connectivity index (χ2v) is 14.0. The second-order valence-electron chi connectivity index (χ2n) is 14.0. The first kappa shape index (κ1) is 33.3. The zero-order valence-electron chi connectivity index (χ0n) is 25.9. The molecule has 45 heavy (non-hydrogen) atoms. The number of ether oxygens (including phenoxy) is 4. The smallest absolute Gasteiger partial charge is 0.410 e. The topological polar surface area (TPSA) is 149 Å². The van der Waals surface area contributed by atoms with Crippen LogP contribution < -0.4 is 5.11 Å². The van der Waals surface area contributed by atoms with E-state index < -0.39 is 101 Å². The van der Waals surface area contributed by atoms with Crippen molar-refractivity contribution in [3.8, 4) is 0 Å². The predicted molar refractivity (Wildman–Crippen MR) is 144 cm³/mol. The molecule has 2 heterocycles. The van der Waals surface area contributed by atoms with Gasteiger partial charge in [-0.25, -0.2) is 4.79 Å².